The third-order valence-corrected chi connectivity index (χ3v) is 3.44. The largest absolute Gasteiger partial charge is 0.485 e. The Bertz CT molecular complexity index is 624. The van der Waals surface area contributed by atoms with Gasteiger partial charge in [0.15, 0.2) is 0 Å². The van der Waals surface area contributed by atoms with Gasteiger partial charge in [0.1, 0.15) is 17.7 Å². The lowest BCUT2D eigenvalue weighted by Gasteiger charge is -2.29. The van der Waals surface area contributed by atoms with Crippen LogP contribution in [0, 0.1) is 12.7 Å². The van der Waals surface area contributed by atoms with Crippen LogP contribution in [0.1, 0.15) is 35.4 Å². The number of aromatic nitrogens is 2. The van der Waals surface area contributed by atoms with Gasteiger partial charge in [-0.25, -0.2) is 4.39 Å². The Morgan fingerprint density at radius 3 is 2.89 bits per heavy atom. The van der Waals surface area contributed by atoms with E-state index >= 15 is 0 Å². The maximum Gasteiger partial charge on any atom is 0.130 e. The van der Waals surface area contributed by atoms with E-state index in [1.54, 1.807) is 10.7 Å². The second-order valence-electron chi connectivity index (χ2n) is 4.88. The topological polar surface area (TPSA) is 47.3 Å². The van der Waals surface area contributed by atoms with Gasteiger partial charge in [-0.1, -0.05) is 0 Å². The van der Waals surface area contributed by atoms with E-state index in [1.165, 1.54) is 12.1 Å². The number of nitrogens with zero attached hydrogens (tertiary/aromatic N) is 2. The number of hydrogen-bond acceptors (Lipinski definition) is 3. The molecule has 0 saturated heterocycles. The van der Waals surface area contributed by atoms with E-state index < -0.39 is 6.10 Å². The number of hydrogen-bond donors (Lipinski definition) is 1. The van der Waals surface area contributed by atoms with Crippen molar-refractivity contribution >= 4 is 0 Å². The molecular weight excluding hydrogens is 247 g/mol. The molecule has 0 fully saturated rings. The van der Waals surface area contributed by atoms with Gasteiger partial charge in [0.05, 0.1) is 11.8 Å². The zero-order valence-corrected chi connectivity index (χ0v) is 10.8. The number of fused-ring (bicyclic) bond motifs is 1. The SMILES string of the molecule is Cc1nn(C)cc1C1C[C@H](O)c2ccc(F)cc2O1. The summed E-state index contributed by atoms with van der Waals surface area (Å²) in [4.78, 5) is 0. The van der Waals surface area contributed by atoms with E-state index in [9.17, 15) is 9.50 Å². The summed E-state index contributed by atoms with van der Waals surface area (Å²) in [6, 6.07) is 4.22. The minimum Gasteiger partial charge on any atom is -0.485 e. The van der Waals surface area contributed by atoms with Gasteiger partial charge in [0.25, 0.3) is 0 Å². The van der Waals surface area contributed by atoms with Gasteiger partial charge in [0, 0.05) is 36.9 Å². The number of benzene rings is 1. The van der Waals surface area contributed by atoms with Crippen LogP contribution in [0.3, 0.4) is 0 Å². The summed E-state index contributed by atoms with van der Waals surface area (Å²) in [5.41, 5.74) is 2.43. The lowest BCUT2D eigenvalue weighted by atomic mass is 9.95. The summed E-state index contributed by atoms with van der Waals surface area (Å²) in [5.74, 6) is 0.0431. The van der Waals surface area contributed by atoms with E-state index in [1.807, 2.05) is 20.2 Å². The van der Waals surface area contributed by atoms with Crippen molar-refractivity contribution in [2.75, 3.05) is 0 Å². The second kappa shape index (κ2) is 4.35. The number of aliphatic hydroxyl groups is 1. The molecule has 0 saturated carbocycles. The molecule has 100 valence electrons. The summed E-state index contributed by atoms with van der Waals surface area (Å²) < 4.78 is 20.8. The van der Waals surface area contributed by atoms with Crippen LogP contribution in [0.25, 0.3) is 0 Å². The van der Waals surface area contributed by atoms with E-state index in [0.29, 0.717) is 17.7 Å². The maximum atomic E-state index is 13.3. The molecule has 0 spiro atoms. The molecule has 1 aliphatic rings. The van der Waals surface area contributed by atoms with E-state index in [2.05, 4.69) is 5.10 Å². The fourth-order valence-electron chi connectivity index (χ4n) is 2.54. The second-order valence-corrected chi connectivity index (χ2v) is 4.88. The summed E-state index contributed by atoms with van der Waals surface area (Å²) in [6.07, 6.45) is 1.38. The molecule has 1 unspecified atom stereocenters. The number of ether oxygens (including phenoxy) is 1. The van der Waals surface area contributed by atoms with Gasteiger partial charge in [-0.15, -0.1) is 0 Å². The van der Waals surface area contributed by atoms with Crippen molar-refractivity contribution in [3.8, 4) is 5.75 Å². The van der Waals surface area contributed by atoms with Crippen molar-refractivity contribution < 1.29 is 14.2 Å². The van der Waals surface area contributed by atoms with Crippen LogP contribution >= 0.6 is 0 Å². The molecule has 2 atom stereocenters. The van der Waals surface area contributed by atoms with Crippen molar-refractivity contribution in [1.82, 2.24) is 9.78 Å². The molecule has 0 amide bonds. The van der Waals surface area contributed by atoms with Gasteiger partial charge in [-0.05, 0) is 19.1 Å². The van der Waals surface area contributed by atoms with Crippen LogP contribution < -0.4 is 4.74 Å². The predicted octanol–water partition coefficient (Wildman–Crippen LogP) is 2.42. The zero-order valence-electron chi connectivity index (χ0n) is 10.8. The highest BCUT2D eigenvalue weighted by molar-refractivity contribution is 5.39. The number of rotatable bonds is 1. The van der Waals surface area contributed by atoms with Crippen molar-refractivity contribution in [2.45, 2.75) is 25.6 Å². The normalized spacial score (nSPS) is 21.9. The molecule has 2 aromatic rings. The third-order valence-electron chi connectivity index (χ3n) is 3.44. The monoisotopic (exact) mass is 262 g/mol. The molecule has 3 rings (SSSR count). The Hall–Kier alpha value is -1.88. The Labute approximate surface area is 110 Å². The highest BCUT2D eigenvalue weighted by Gasteiger charge is 2.30. The van der Waals surface area contributed by atoms with Crippen LogP contribution in [0.5, 0.6) is 5.75 Å². The Balaban J connectivity index is 1.98. The molecule has 0 radical (unpaired) electrons. The molecule has 1 aromatic heterocycles. The first-order valence-corrected chi connectivity index (χ1v) is 6.19. The fourth-order valence-corrected chi connectivity index (χ4v) is 2.54. The Morgan fingerprint density at radius 2 is 2.21 bits per heavy atom. The molecular formula is C14H15FN2O2. The molecule has 1 aromatic carbocycles. The number of aliphatic hydroxyl groups excluding tert-OH is 1. The van der Waals surface area contributed by atoms with Gasteiger partial charge < -0.3 is 9.84 Å². The standard InChI is InChI=1S/C14H15FN2O2/c1-8-11(7-17(2)16-8)14-6-12(18)10-4-3-9(15)5-13(10)19-14/h3-5,7,12,14,18H,6H2,1-2H3/t12-,14?/m0/s1. The lowest BCUT2D eigenvalue weighted by molar-refractivity contribution is 0.0650. The lowest BCUT2D eigenvalue weighted by Crippen LogP contribution is -2.19. The van der Waals surface area contributed by atoms with Crippen LogP contribution in [0.15, 0.2) is 24.4 Å². The van der Waals surface area contributed by atoms with Gasteiger partial charge in [-0.3, -0.25) is 4.68 Å². The van der Waals surface area contributed by atoms with E-state index in [-0.39, 0.29) is 11.9 Å². The van der Waals surface area contributed by atoms with Crippen LogP contribution in [-0.4, -0.2) is 14.9 Å². The first-order chi connectivity index (χ1) is 9.04. The molecule has 0 aliphatic carbocycles. The Morgan fingerprint density at radius 1 is 1.42 bits per heavy atom. The van der Waals surface area contributed by atoms with Crippen LogP contribution in [-0.2, 0) is 7.05 Å². The minimum absolute atomic E-state index is 0.294. The van der Waals surface area contributed by atoms with Crippen molar-refractivity contribution in [3.63, 3.8) is 0 Å². The highest BCUT2D eigenvalue weighted by Crippen LogP contribution is 2.41. The van der Waals surface area contributed by atoms with Crippen molar-refractivity contribution in [2.24, 2.45) is 7.05 Å². The van der Waals surface area contributed by atoms with Crippen molar-refractivity contribution in [3.05, 3.63) is 47.0 Å². The quantitative estimate of drug-likeness (QED) is 0.858. The summed E-state index contributed by atoms with van der Waals surface area (Å²) >= 11 is 0. The first-order valence-electron chi connectivity index (χ1n) is 6.19. The molecule has 1 N–H and O–H groups in total. The van der Waals surface area contributed by atoms with E-state index in [4.69, 9.17) is 4.74 Å². The van der Waals surface area contributed by atoms with Gasteiger partial charge in [0.2, 0.25) is 0 Å². The summed E-state index contributed by atoms with van der Waals surface area (Å²) in [7, 11) is 1.84. The highest BCUT2D eigenvalue weighted by atomic mass is 19.1. The Kier molecular flexibility index (Phi) is 2.78. The van der Waals surface area contributed by atoms with Crippen molar-refractivity contribution in [1.29, 1.82) is 0 Å². The van der Waals surface area contributed by atoms with Gasteiger partial charge in [-0.2, -0.15) is 5.10 Å². The fraction of sp³-hybridized carbons (Fsp3) is 0.357. The van der Waals surface area contributed by atoms with Crippen LogP contribution in [0.4, 0.5) is 4.39 Å². The zero-order chi connectivity index (χ0) is 13.6. The molecule has 1 aliphatic heterocycles. The molecule has 4 nitrogen and oxygen atoms in total. The summed E-state index contributed by atoms with van der Waals surface area (Å²) in [6.45, 7) is 1.90. The van der Waals surface area contributed by atoms with Gasteiger partial charge >= 0.3 is 0 Å². The number of halogens is 1. The van der Waals surface area contributed by atoms with E-state index in [0.717, 1.165) is 11.3 Å². The predicted molar refractivity (Wildman–Crippen MR) is 67.3 cm³/mol. The van der Waals surface area contributed by atoms with Crippen LogP contribution in [0.2, 0.25) is 0 Å². The minimum atomic E-state index is -0.644. The molecule has 0 bridgehead atoms. The first kappa shape index (κ1) is 12.2. The third kappa shape index (κ3) is 2.10. The molecule has 19 heavy (non-hydrogen) atoms. The molecule has 5 heteroatoms. The summed E-state index contributed by atoms with van der Waals surface area (Å²) in [5, 5.41) is 14.4. The maximum absolute atomic E-state index is 13.3. The molecule has 2 heterocycles. The average molecular weight is 262 g/mol. The smallest absolute Gasteiger partial charge is 0.130 e. The number of aryl methyl sites for hydroxylation is 2. The average Bonchev–Trinajstić information content (AvgIpc) is 2.67.